The Morgan fingerprint density at radius 1 is 1.64 bits per heavy atom. The Balaban J connectivity index is 2.18. The number of nitrogens with one attached hydrogen (secondary N) is 1. The van der Waals surface area contributed by atoms with Crippen molar-refractivity contribution in [2.75, 3.05) is 5.73 Å². The molecule has 0 amide bonds. The Bertz CT molecular complexity index is 284. The molecule has 1 aliphatic rings. The molecule has 1 heterocycles. The average molecular weight is 151 g/mol. The first-order valence-electron chi connectivity index (χ1n) is 3.58. The summed E-state index contributed by atoms with van der Waals surface area (Å²) >= 11 is 0. The highest BCUT2D eigenvalue weighted by Gasteiger charge is 2.29. The van der Waals surface area contributed by atoms with Gasteiger partial charge in [-0.15, -0.1) is 0 Å². The average Bonchev–Trinajstić information content (AvgIpc) is 2.29. The Morgan fingerprint density at radius 3 is 2.82 bits per heavy atom. The Morgan fingerprint density at radius 2 is 2.36 bits per heavy atom. The van der Waals surface area contributed by atoms with Crippen molar-refractivity contribution < 1.29 is 4.79 Å². The van der Waals surface area contributed by atoms with Gasteiger partial charge in [0, 0.05) is 24.3 Å². The van der Waals surface area contributed by atoms with Crippen LogP contribution in [0.15, 0.2) is 6.20 Å². The standard InChI is InChI=1S/C7H9N3O/c8-7-6(3-9-10-7)4-1-5(11)2-4/h3-4H,1-2H2,(H3,8,9,10). The fraction of sp³-hybridized carbons (Fsp3) is 0.429. The maximum Gasteiger partial charge on any atom is 0.134 e. The molecule has 0 bridgehead atoms. The van der Waals surface area contributed by atoms with Crippen LogP contribution in [0.1, 0.15) is 24.3 Å². The van der Waals surface area contributed by atoms with Gasteiger partial charge < -0.3 is 5.73 Å². The highest BCUT2D eigenvalue weighted by molar-refractivity contribution is 5.86. The van der Waals surface area contributed by atoms with Crippen LogP contribution >= 0.6 is 0 Å². The molecule has 0 radical (unpaired) electrons. The van der Waals surface area contributed by atoms with E-state index in [1.807, 2.05) is 0 Å². The molecule has 1 aromatic rings. The first-order valence-corrected chi connectivity index (χ1v) is 3.58. The largest absolute Gasteiger partial charge is 0.384 e. The van der Waals surface area contributed by atoms with E-state index in [1.165, 1.54) is 0 Å². The van der Waals surface area contributed by atoms with Crippen molar-refractivity contribution in [1.29, 1.82) is 0 Å². The normalized spacial score (nSPS) is 18.4. The van der Waals surface area contributed by atoms with Crippen molar-refractivity contribution in [2.24, 2.45) is 0 Å². The van der Waals surface area contributed by atoms with Crippen LogP contribution in [0.4, 0.5) is 5.82 Å². The van der Waals surface area contributed by atoms with Gasteiger partial charge >= 0.3 is 0 Å². The SMILES string of the molecule is Nc1[nH]ncc1C1CC(=O)C1. The Kier molecular flexibility index (Phi) is 1.21. The molecule has 58 valence electrons. The van der Waals surface area contributed by atoms with Gasteiger partial charge in [0.15, 0.2) is 0 Å². The summed E-state index contributed by atoms with van der Waals surface area (Å²) in [6.45, 7) is 0. The molecule has 11 heavy (non-hydrogen) atoms. The third kappa shape index (κ3) is 0.906. The number of aromatic amines is 1. The van der Waals surface area contributed by atoms with Crippen molar-refractivity contribution in [2.45, 2.75) is 18.8 Å². The Labute approximate surface area is 63.8 Å². The molecule has 0 unspecified atom stereocenters. The summed E-state index contributed by atoms with van der Waals surface area (Å²) in [5, 5.41) is 6.44. The third-order valence-corrected chi connectivity index (χ3v) is 2.09. The minimum absolute atomic E-state index is 0.315. The molecular formula is C7H9N3O. The van der Waals surface area contributed by atoms with Gasteiger partial charge in [0.1, 0.15) is 11.6 Å². The van der Waals surface area contributed by atoms with E-state index in [2.05, 4.69) is 10.2 Å². The number of carbonyl (C=O) groups excluding carboxylic acids is 1. The summed E-state index contributed by atoms with van der Waals surface area (Å²) in [6.07, 6.45) is 2.96. The van der Waals surface area contributed by atoms with Crippen LogP contribution in [-0.2, 0) is 4.79 Å². The van der Waals surface area contributed by atoms with Crippen molar-refractivity contribution in [3.05, 3.63) is 11.8 Å². The lowest BCUT2D eigenvalue weighted by molar-refractivity contribution is -0.124. The predicted octanol–water partition coefficient (Wildman–Crippen LogP) is 0.438. The van der Waals surface area contributed by atoms with E-state index < -0.39 is 0 Å². The van der Waals surface area contributed by atoms with Crippen LogP contribution < -0.4 is 5.73 Å². The Hall–Kier alpha value is -1.32. The topological polar surface area (TPSA) is 71.8 Å². The molecule has 0 saturated heterocycles. The molecule has 1 fully saturated rings. The van der Waals surface area contributed by atoms with Crippen LogP contribution in [0, 0.1) is 0 Å². The predicted molar refractivity (Wildman–Crippen MR) is 40.0 cm³/mol. The lowest BCUT2D eigenvalue weighted by Gasteiger charge is -2.22. The second-order valence-electron chi connectivity index (χ2n) is 2.88. The number of rotatable bonds is 1. The number of carbonyl (C=O) groups is 1. The number of hydrogen-bond donors (Lipinski definition) is 2. The van der Waals surface area contributed by atoms with Gasteiger partial charge in [-0.2, -0.15) is 5.10 Å². The number of H-pyrrole nitrogens is 1. The maximum atomic E-state index is 10.6. The molecule has 1 aliphatic carbocycles. The smallest absolute Gasteiger partial charge is 0.134 e. The minimum atomic E-state index is 0.315. The zero-order valence-corrected chi connectivity index (χ0v) is 6.00. The van der Waals surface area contributed by atoms with Crippen molar-refractivity contribution in [3.63, 3.8) is 0 Å². The summed E-state index contributed by atoms with van der Waals surface area (Å²) in [4.78, 5) is 10.6. The second-order valence-corrected chi connectivity index (χ2v) is 2.88. The molecule has 2 rings (SSSR count). The fourth-order valence-corrected chi connectivity index (χ4v) is 1.34. The molecule has 0 aromatic carbocycles. The molecular weight excluding hydrogens is 142 g/mol. The maximum absolute atomic E-state index is 10.6. The first-order chi connectivity index (χ1) is 5.27. The number of anilines is 1. The first kappa shape index (κ1) is 6.39. The van der Waals surface area contributed by atoms with Gasteiger partial charge in [-0.1, -0.05) is 0 Å². The van der Waals surface area contributed by atoms with Gasteiger partial charge in [0.25, 0.3) is 0 Å². The second kappa shape index (κ2) is 2.08. The van der Waals surface area contributed by atoms with E-state index >= 15 is 0 Å². The third-order valence-electron chi connectivity index (χ3n) is 2.09. The van der Waals surface area contributed by atoms with Gasteiger partial charge in [-0.3, -0.25) is 9.89 Å². The number of nitrogen functional groups attached to an aromatic ring is 1. The van der Waals surface area contributed by atoms with Crippen molar-refractivity contribution >= 4 is 11.6 Å². The van der Waals surface area contributed by atoms with Gasteiger partial charge in [0.2, 0.25) is 0 Å². The number of ketones is 1. The molecule has 4 nitrogen and oxygen atoms in total. The van der Waals surface area contributed by atoms with Crippen LogP contribution in [-0.4, -0.2) is 16.0 Å². The summed E-state index contributed by atoms with van der Waals surface area (Å²) < 4.78 is 0. The lowest BCUT2D eigenvalue weighted by atomic mass is 9.80. The molecule has 4 heteroatoms. The number of nitrogens with two attached hydrogens (primary N) is 1. The molecule has 0 atom stereocenters. The van der Waals surface area contributed by atoms with Crippen LogP contribution in [0.5, 0.6) is 0 Å². The molecule has 0 aliphatic heterocycles. The van der Waals surface area contributed by atoms with Gasteiger partial charge in [-0.05, 0) is 0 Å². The zero-order valence-electron chi connectivity index (χ0n) is 6.00. The molecule has 1 aromatic heterocycles. The molecule has 3 N–H and O–H groups in total. The van der Waals surface area contributed by atoms with Crippen LogP contribution in [0.3, 0.4) is 0 Å². The lowest BCUT2D eigenvalue weighted by Crippen LogP contribution is -2.21. The van der Waals surface area contributed by atoms with Crippen molar-refractivity contribution in [1.82, 2.24) is 10.2 Å². The summed E-state index contributed by atoms with van der Waals surface area (Å²) in [5.41, 5.74) is 6.56. The quantitative estimate of drug-likeness (QED) is 0.611. The van der Waals surface area contributed by atoms with E-state index in [9.17, 15) is 4.79 Å². The highest BCUT2D eigenvalue weighted by Crippen LogP contribution is 2.35. The molecule has 0 spiro atoms. The van der Waals surface area contributed by atoms with E-state index in [4.69, 9.17) is 5.73 Å². The van der Waals surface area contributed by atoms with Crippen LogP contribution in [0.2, 0.25) is 0 Å². The monoisotopic (exact) mass is 151 g/mol. The van der Waals surface area contributed by atoms with E-state index in [0.29, 0.717) is 30.4 Å². The van der Waals surface area contributed by atoms with E-state index in [1.54, 1.807) is 6.20 Å². The number of nitrogens with zero attached hydrogens (tertiary/aromatic N) is 1. The van der Waals surface area contributed by atoms with Crippen LogP contribution in [0.25, 0.3) is 0 Å². The van der Waals surface area contributed by atoms with E-state index in [-0.39, 0.29) is 0 Å². The van der Waals surface area contributed by atoms with E-state index in [0.717, 1.165) is 5.56 Å². The van der Waals surface area contributed by atoms with Gasteiger partial charge in [-0.25, -0.2) is 0 Å². The summed E-state index contributed by atoms with van der Waals surface area (Å²) in [6, 6.07) is 0. The number of hydrogen-bond acceptors (Lipinski definition) is 3. The van der Waals surface area contributed by atoms with Gasteiger partial charge in [0.05, 0.1) is 6.20 Å². The summed E-state index contributed by atoms with van der Waals surface area (Å²) in [5.74, 6) is 1.24. The molecule has 1 saturated carbocycles. The fourth-order valence-electron chi connectivity index (χ4n) is 1.34. The summed E-state index contributed by atoms with van der Waals surface area (Å²) in [7, 11) is 0. The zero-order chi connectivity index (χ0) is 7.84. The number of Topliss-reactive ketones (excluding diaryl/α,β-unsaturated/α-hetero) is 1. The number of aromatic nitrogens is 2. The highest BCUT2D eigenvalue weighted by atomic mass is 16.1. The minimum Gasteiger partial charge on any atom is -0.384 e. The van der Waals surface area contributed by atoms with Crippen molar-refractivity contribution in [3.8, 4) is 0 Å².